The van der Waals surface area contributed by atoms with Gasteiger partial charge in [-0.25, -0.2) is 4.79 Å². The highest BCUT2D eigenvalue weighted by Gasteiger charge is 2.27. The summed E-state index contributed by atoms with van der Waals surface area (Å²) in [6, 6.07) is 17.1. The number of hydrogen-bond donors (Lipinski definition) is 1. The number of nitrogens with one attached hydrogen (secondary N) is 1. The minimum atomic E-state index is -0.775. The Kier molecular flexibility index (Phi) is 7.77. The van der Waals surface area contributed by atoms with Crippen molar-refractivity contribution in [3.63, 3.8) is 0 Å². The molecule has 1 heterocycles. The van der Waals surface area contributed by atoms with Crippen LogP contribution in [0.5, 0.6) is 0 Å². The third-order valence-corrected chi connectivity index (χ3v) is 5.46. The molecule has 0 spiro atoms. The van der Waals surface area contributed by atoms with Crippen molar-refractivity contribution >= 4 is 23.3 Å². The van der Waals surface area contributed by atoms with Gasteiger partial charge in [0.15, 0.2) is 0 Å². The topological polar surface area (TPSA) is 127 Å². The molecule has 1 aromatic heterocycles. The standard InChI is InChI=1S/C25H24N4O5/c1-3-6-18(15-17-10-12-19(13-11-17)28-14-5-7-20(28)16-26)24(30)27-23-21(25(31)34-2)8-4-9-22(23)29(32)33/h4-5,7-14,18H,3,6,15H2,1-2H3,(H,27,30). The first-order chi connectivity index (χ1) is 16.4. The molecule has 0 saturated heterocycles. The van der Waals surface area contributed by atoms with Gasteiger partial charge in [0, 0.05) is 23.9 Å². The van der Waals surface area contributed by atoms with E-state index >= 15 is 0 Å². The van der Waals surface area contributed by atoms with Crippen molar-refractivity contribution in [2.45, 2.75) is 26.2 Å². The normalized spacial score (nSPS) is 11.3. The van der Waals surface area contributed by atoms with Crippen LogP contribution in [0.3, 0.4) is 0 Å². The third-order valence-electron chi connectivity index (χ3n) is 5.46. The average molecular weight is 460 g/mol. The van der Waals surface area contributed by atoms with E-state index in [2.05, 4.69) is 11.4 Å². The summed E-state index contributed by atoms with van der Waals surface area (Å²) in [5.41, 5.74) is 1.61. The summed E-state index contributed by atoms with van der Waals surface area (Å²) in [5, 5.41) is 23.3. The van der Waals surface area contributed by atoms with Gasteiger partial charge in [-0.15, -0.1) is 0 Å². The minimum absolute atomic E-state index is 0.0790. The van der Waals surface area contributed by atoms with E-state index in [0.29, 0.717) is 18.5 Å². The van der Waals surface area contributed by atoms with Crippen LogP contribution in [0, 0.1) is 27.4 Å². The van der Waals surface area contributed by atoms with E-state index in [0.717, 1.165) is 17.7 Å². The van der Waals surface area contributed by atoms with E-state index in [4.69, 9.17) is 4.74 Å². The van der Waals surface area contributed by atoms with Crippen LogP contribution < -0.4 is 5.32 Å². The summed E-state index contributed by atoms with van der Waals surface area (Å²) in [7, 11) is 1.17. The number of benzene rings is 2. The van der Waals surface area contributed by atoms with E-state index in [-0.39, 0.29) is 16.9 Å². The molecule has 9 nitrogen and oxygen atoms in total. The number of carbonyl (C=O) groups is 2. The molecule has 0 aliphatic carbocycles. The molecule has 2 aromatic carbocycles. The fourth-order valence-electron chi connectivity index (χ4n) is 3.78. The Balaban J connectivity index is 1.84. The summed E-state index contributed by atoms with van der Waals surface area (Å²) < 4.78 is 6.49. The number of rotatable bonds is 9. The van der Waals surface area contributed by atoms with Crippen LogP contribution in [-0.4, -0.2) is 28.5 Å². The maximum absolute atomic E-state index is 13.2. The van der Waals surface area contributed by atoms with Gasteiger partial charge in [0.25, 0.3) is 5.69 Å². The zero-order valence-electron chi connectivity index (χ0n) is 18.9. The van der Waals surface area contributed by atoms with Gasteiger partial charge < -0.3 is 14.6 Å². The molecule has 1 unspecified atom stereocenters. The van der Waals surface area contributed by atoms with E-state index in [1.54, 1.807) is 22.9 Å². The Morgan fingerprint density at radius 3 is 2.53 bits per heavy atom. The molecular weight excluding hydrogens is 436 g/mol. The first kappa shape index (κ1) is 24.2. The molecule has 174 valence electrons. The molecule has 0 saturated carbocycles. The molecule has 0 fully saturated rings. The summed E-state index contributed by atoms with van der Waals surface area (Å²) in [5.74, 6) is -1.66. The number of methoxy groups -OCH3 is 1. The first-order valence-corrected chi connectivity index (χ1v) is 10.7. The van der Waals surface area contributed by atoms with Crippen molar-refractivity contribution in [3.05, 3.63) is 87.7 Å². The Hall–Kier alpha value is -4.45. The number of nitriles is 1. The summed E-state index contributed by atoms with van der Waals surface area (Å²) in [4.78, 5) is 36.2. The van der Waals surface area contributed by atoms with Crippen molar-refractivity contribution in [2.75, 3.05) is 12.4 Å². The van der Waals surface area contributed by atoms with Crippen LogP contribution in [-0.2, 0) is 16.0 Å². The minimum Gasteiger partial charge on any atom is -0.465 e. The molecule has 3 aromatic rings. The number of anilines is 1. The fraction of sp³-hybridized carbons (Fsp3) is 0.240. The number of nitro benzene ring substituents is 1. The van der Waals surface area contributed by atoms with Gasteiger partial charge in [0.05, 0.1) is 17.6 Å². The lowest BCUT2D eigenvalue weighted by atomic mass is 9.93. The number of nitrogens with zero attached hydrogens (tertiary/aromatic N) is 3. The molecule has 0 aliphatic heterocycles. The van der Waals surface area contributed by atoms with Gasteiger partial charge in [-0.1, -0.05) is 31.5 Å². The predicted molar refractivity (Wildman–Crippen MR) is 126 cm³/mol. The number of hydrogen-bond acceptors (Lipinski definition) is 6. The van der Waals surface area contributed by atoms with Gasteiger partial charge in [-0.3, -0.25) is 14.9 Å². The van der Waals surface area contributed by atoms with Crippen LogP contribution in [0.1, 0.15) is 41.4 Å². The van der Waals surface area contributed by atoms with Crippen molar-refractivity contribution < 1.29 is 19.2 Å². The molecule has 1 N–H and O–H groups in total. The number of aromatic nitrogens is 1. The van der Waals surface area contributed by atoms with Gasteiger partial charge in [0.2, 0.25) is 5.91 Å². The highest BCUT2D eigenvalue weighted by Crippen LogP contribution is 2.30. The van der Waals surface area contributed by atoms with Gasteiger partial charge in [0.1, 0.15) is 17.5 Å². The number of nitro groups is 1. The molecule has 0 aliphatic rings. The molecule has 3 rings (SSSR count). The largest absolute Gasteiger partial charge is 0.465 e. The van der Waals surface area contributed by atoms with Crippen molar-refractivity contribution in [2.24, 2.45) is 5.92 Å². The van der Waals surface area contributed by atoms with E-state index < -0.39 is 22.7 Å². The number of esters is 1. The van der Waals surface area contributed by atoms with Crippen molar-refractivity contribution in [3.8, 4) is 11.8 Å². The van der Waals surface area contributed by atoms with Crippen LogP contribution in [0.15, 0.2) is 60.8 Å². The molecular formula is C25H24N4O5. The third kappa shape index (κ3) is 5.30. The van der Waals surface area contributed by atoms with Crippen molar-refractivity contribution in [1.29, 1.82) is 5.26 Å². The SMILES string of the molecule is CCCC(Cc1ccc(-n2cccc2C#N)cc1)C(=O)Nc1c(C(=O)OC)cccc1[N+](=O)[O-]. The number of amides is 1. The lowest BCUT2D eigenvalue weighted by Crippen LogP contribution is -2.26. The predicted octanol–water partition coefficient (Wildman–Crippen LogP) is 4.64. The monoisotopic (exact) mass is 460 g/mol. The molecule has 1 atom stereocenters. The van der Waals surface area contributed by atoms with Gasteiger partial charge in [-0.2, -0.15) is 5.26 Å². The Morgan fingerprint density at radius 1 is 1.18 bits per heavy atom. The Morgan fingerprint density at radius 2 is 1.91 bits per heavy atom. The van der Waals surface area contributed by atoms with Gasteiger partial charge >= 0.3 is 5.97 Å². The number of para-hydroxylation sites is 1. The second-order valence-corrected chi connectivity index (χ2v) is 7.67. The van der Waals surface area contributed by atoms with E-state index in [1.165, 1.54) is 25.3 Å². The summed E-state index contributed by atoms with van der Waals surface area (Å²) >= 11 is 0. The Bertz CT molecular complexity index is 1240. The van der Waals surface area contributed by atoms with Crippen molar-refractivity contribution in [1.82, 2.24) is 4.57 Å². The second-order valence-electron chi connectivity index (χ2n) is 7.67. The van der Waals surface area contributed by atoms with Crippen LogP contribution in [0.2, 0.25) is 0 Å². The average Bonchev–Trinajstić information content (AvgIpc) is 3.32. The quantitative estimate of drug-likeness (QED) is 0.281. The molecule has 0 bridgehead atoms. The molecule has 0 radical (unpaired) electrons. The second kappa shape index (κ2) is 10.9. The van der Waals surface area contributed by atoms with Crippen LogP contribution >= 0.6 is 0 Å². The van der Waals surface area contributed by atoms with E-state index in [1.807, 2.05) is 31.2 Å². The zero-order chi connectivity index (χ0) is 24.7. The number of ether oxygens (including phenoxy) is 1. The number of carbonyl (C=O) groups excluding carboxylic acids is 2. The maximum Gasteiger partial charge on any atom is 0.340 e. The van der Waals surface area contributed by atoms with Crippen LogP contribution in [0.4, 0.5) is 11.4 Å². The van der Waals surface area contributed by atoms with Gasteiger partial charge in [-0.05, 0) is 48.7 Å². The summed E-state index contributed by atoms with van der Waals surface area (Å²) in [6.07, 6.45) is 3.49. The molecule has 1 amide bonds. The fourth-order valence-corrected chi connectivity index (χ4v) is 3.78. The molecule has 9 heteroatoms. The lowest BCUT2D eigenvalue weighted by molar-refractivity contribution is -0.384. The van der Waals surface area contributed by atoms with E-state index in [9.17, 15) is 25.0 Å². The Labute approximate surface area is 196 Å². The first-order valence-electron chi connectivity index (χ1n) is 10.7. The zero-order valence-corrected chi connectivity index (χ0v) is 18.9. The lowest BCUT2D eigenvalue weighted by Gasteiger charge is -2.18. The highest BCUT2D eigenvalue weighted by atomic mass is 16.6. The molecule has 34 heavy (non-hydrogen) atoms. The smallest absolute Gasteiger partial charge is 0.340 e. The highest BCUT2D eigenvalue weighted by molar-refractivity contribution is 6.04. The van der Waals surface area contributed by atoms with Crippen LogP contribution in [0.25, 0.3) is 5.69 Å². The summed E-state index contributed by atoms with van der Waals surface area (Å²) in [6.45, 7) is 1.95. The maximum atomic E-state index is 13.2.